The first-order chi connectivity index (χ1) is 10.5. The molecular formula is C17H26ClNO4S. The molecule has 0 aliphatic rings. The van der Waals surface area contributed by atoms with Crippen molar-refractivity contribution in [2.75, 3.05) is 18.3 Å². The Morgan fingerprint density at radius 2 is 1.71 bits per heavy atom. The quantitative estimate of drug-likeness (QED) is 0.677. The molecule has 0 radical (unpaired) electrons. The van der Waals surface area contributed by atoms with Crippen LogP contribution in [-0.2, 0) is 30.1 Å². The highest BCUT2D eigenvalue weighted by molar-refractivity contribution is 8.02. The number of carbonyl (C=O) groups is 2. The predicted octanol–water partition coefficient (Wildman–Crippen LogP) is -0.545. The summed E-state index contributed by atoms with van der Waals surface area (Å²) in [6.45, 7) is 5.27. The lowest BCUT2D eigenvalue weighted by Crippen LogP contribution is -3.00. The normalized spacial score (nSPS) is 12.7. The van der Waals surface area contributed by atoms with Gasteiger partial charge in [0.1, 0.15) is 18.1 Å². The Hall–Kier alpha value is -1.40. The van der Waals surface area contributed by atoms with Crippen molar-refractivity contribution in [3.05, 3.63) is 35.9 Å². The number of carbonyl (C=O) groups excluding carboxylic acids is 2. The van der Waals surface area contributed by atoms with E-state index in [1.54, 1.807) is 20.8 Å². The van der Waals surface area contributed by atoms with E-state index in [2.05, 4.69) is 5.32 Å². The Morgan fingerprint density at radius 1 is 1.17 bits per heavy atom. The van der Waals surface area contributed by atoms with Gasteiger partial charge in [-0.3, -0.25) is 4.79 Å². The first-order valence-corrected chi connectivity index (χ1v) is 9.99. The Balaban J connectivity index is 0.00000529. The third-order valence-electron chi connectivity index (χ3n) is 2.85. The zero-order valence-electron chi connectivity index (χ0n) is 14.8. The second-order valence-electron chi connectivity index (χ2n) is 6.94. The molecule has 0 saturated carbocycles. The molecule has 0 spiro atoms. The molecule has 136 valence electrons. The summed E-state index contributed by atoms with van der Waals surface area (Å²) in [5, 5.41) is 2.61. The number of rotatable bonds is 6. The van der Waals surface area contributed by atoms with Gasteiger partial charge in [-0.1, -0.05) is 30.3 Å². The summed E-state index contributed by atoms with van der Waals surface area (Å²) in [4.78, 5) is 24.4. The van der Waals surface area contributed by atoms with Crippen LogP contribution in [-0.4, -0.2) is 41.8 Å². The second kappa shape index (κ2) is 9.18. The lowest BCUT2D eigenvalue weighted by Gasteiger charge is -2.23. The van der Waals surface area contributed by atoms with Gasteiger partial charge in [-0.15, -0.1) is 4.21 Å². The Labute approximate surface area is 151 Å². The molecule has 0 aliphatic heterocycles. The van der Waals surface area contributed by atoms with Gasteiger partial charge in [-0.2, -0.15) is 0 Å². The van der Waals surface area contributed by atoms with E-state index in [-0.39, 0.29) is 23.9 Å². The van der Waals surface area contributed by atoms with Crippen LogP contribution in [0.4, 0.5) is 4.79 Å². The van der Waals surface area contributed by atoms with Gasteiger partial charge in [0.25, 0.3) is 0 Å². The van der Waals surface area contributed by atoms with Gasteiger partial charge in [0.2, 0.25) is 5.78 Å². The van der Waals surface area contributed by atoms with Gasteiger partial charge in [0.15, 0.2) is 5.75 Å². The predicted molar refractivity (Wildman–Crippen MR) is 93.1 cm³/mol. The van der Waals surface area contributed by atoms with E-state index in [1.807, 2.05) is 30.3 Å². The van der Waals surface area contributed by atoms with Crippen molar-refractivity contribution in [3.8, 4) is 0 Å². The van der Waals surface area contributed by atoms with Gasteiger partial charge in [-0.05, 0) is 26.3 Å². The van der Waals surface area contributed by atoms with Gasteiger partial charge in [-0.25, -0.2) is 4.79 Å². The molecule has 1 amide bonds. The molecule has 1 rings (SSSR count). The van der Waals surface area contributed by atoms with Gasteiger partial charge in [0.05, 0.1) is 16.0 Å². The number of Topliss-reactive ketones (excluding diaryl/α,β-unsaturated/α-hetero) is 1. The van der Waals surface area contributed by atoms with E-state index in [0.29, 0.717) is 6.42 Å². The lowest BCUT2D eigenvalue weighted by molar-refractivity contribution is -0.118. The first-order valence-electron chi connectivity index (χ1n) is 7.44. The summed E-state index contributed by atoms with van der Waals surface area (Å²) in [6, 6.07) is 8.62. The minimum absolute atomic E-state index is 0. The molecule has 1 aromatic carbocycles. The fourth-order valence-electron chi connectivity index (χ4n) is 1.99. The Bertz CT molecular complexity index is 592. The summed E-state index contributed by atoms with van der Waals surface area (Å²) in [6.07, 6.45) is 2.77. The fraction of sp³-hybridized carbons (Fsp3) is 0.529. The smallest absolute Gasteiger partial charge is 0.408 e. The molecule has 1 atom stereocenters. The van der Waals surface area contributed by atoms with E-state index >= 15 is 0 Å². The summed E-state index contributed by atoms with van der Waals surface area (Å²) in [5.74, 6) is -0.324. The van der Waals surface area contributed by atoms with E-state index < -0.39 is 27.7 Å². The van der Waals surface area contributed by atoms with Gasteiger partial charge < -0.3 is 22.5 Å². The summed E-state index contributed by atoms with van der Waals surface area (Å²) in [7, 11) is -2.22. The molecule has 1 aromatic rings. The van der Waals surface area contributed by atoms with Gasteiger partial charge in [0, 0.05) is 6.42 Å². The number of alkyl carbamates (subject to hydrolysis) is 1. The number of hydrogen-bond donors (Lipinski definition) is 1. The zero-order chi connectivity index (χ0) is 17.7. The van der Waals surface area contributed by atoms with Crippen LogP contribution in [0.1, 0.15) is 26.3 Å². The first kappa shape index (κ1) is 22.6. The van der Waals surface area contributed by atoms with E-state index in [1.165, 1.54) is 12.5 Å². The molecule has 0 heterocycles. The number of ketones is 1. The maximum atomic E-state index is 12.4. The molecule has 1 N–H and O–H groups in total. The van der Waals surface area contributed by atoms with Crippen LogP contribution >= 0.6 is 0 Å². The second-order valence-corrected chi connectivity index (χ2v) is 10.1. The molecule has 5 nitrogen and oxygen atoms in total. The number of benzene rings is 1. The third kappa shape index (κ3) is 9.67. The summed E-state index contributed by atoms with van der Waals surface area (Å²) >= 11 is 0. The zero-order valence-corrected chi connectivity index (χ0v) is 16.4. The largest absolute Gasteiger partial charge is 1.00 e. The van der Waals surface area contributed by atoms with Crippen molar-refractivity contribution >= 4 is 21.8 Å². The highest BCUT2D eigenvalue weighted by Crippen LogP contribution is 2.10. The van der Waals surface area contributed by atoms with Crippen molar-refractivity contribution < 1.29 is 30.9 Å². The number of amides is 1. The van der Waals surface area contributed by atoms with Crippen LogP contribution in [0, 0.1) is 0 Å². The Morgan fingerprint density at radius 3 is 2.17 bits per heavy atom. The monoisotopic (exact) mass is 375 g/mol. The number of hydrogen-bond acceptors (Lipinski definition) is 4. The molecule has 24 heavy (non-hydrogen) atoms. The lowest BCUT2D eigenvalue weighted by atomic mass is 10.0. The summed E-state index contributed by atoms with van der Waals surface area (Å²) < 4.78 is 17.1. The van der Waals surface area contributed by atoms with E-state index in [0.717, 1.165) is 5.56 Å². The average molecular weight is 376 g/mol. The summed E-state index contributed by atoms with van der Waals surface area (Å²) in [5.41, 5.74) is 0.272. The van der Waals surface area contributed by atoms with Crippen LogP contribution in [0.25, 0.3) is 0 Å². The van der Waals surface area contributed by atoms with Crippen LogP contribution in [0.15, 0.2) is 30.3 Å². The third-order valence-corrected chi connectivity index (χ3v) is 3.83. The van der Waals surface area contributed by atoms with Crippen molar-refractivity contribution in [1.29, 1.82) is 0 Å². The van der Waals surface area contributed by atoms with Crippen LogP contribution in [0.2, 0.25) is 0 Å². The number of nitrogens with one attached hydrogen (secondary N) is 1. The van der Waals surface area contributed by atoms with Crippen molar-refractivity contribution in [1.82, 2.24) is 5.32 Å². The van der Waals surface area contributed by atoms with Crippen molar-refractivity contribution in [2.24, 2.45) is 0 Å². The van der Waals surface area contributed by atoms with Gasteiger partial charge >= 0.3 is 6.09 Å². The molecule has 7 heteroatoms. The highest BCUT2D eigenvalue weighted by Gasteiger charge is 2.29. The number of ether oxygens (including phenoxy) is 1. The van der Waals surface area contributed by atoms with E-state index in [4.69, 9.17) is 4.74 Å². The topological polar surface area (TPSA) is 72.5 Å². The fourth-order valence-corrected chi connectivity index (χ4v) is 2.87. The SMILES string of the molecule is CC(C)(C)OC(=O)N[C@@H](Cc1ccccc1)C(=O)C[S+](C)(C)=O.[Cl-]. The molecule has 0 saturated heterocycles. The van der Waals surface area contributed by atoms with E-state index in [9.17, 15) is 13.8 Å². The molecule has 0 aliphatic carbocycles. The standard InChI is InChI=1S/C17H25NO4S.ClH/c1-17(2,3)22-16(20)18-14(15(19)12-23(4,5)21)11-13-9-7-6-8-10-13;/h6-10,14H,11-12H2,1-5H3;1H/t14-;/m0./s1. The number of halogens is 1. The highest BCUT2D eigenvalue weighted by atomic mass is 35.5. The maximum Gasteiger partial charge on any atom is 0.408 e. The Kier molecular flexibility index (Phi) is 8.64. The van der Waals surface area contributed by atoms with Crippen LogP contribution < -0.4 is 17.7 Å². The molecule has 0 fully saturated rings. The molecule has 0 unspecified atom stereocenters. The molecular weight excluding hydrogens is 350 g/mol. The van der Waals surface area contributed by atoms with Crippen LogP contribution in [0.5, 0.6) is 0 Å². The van der Waals surface area contributed by atoms with Crippen LogP contribution in [0.3, 0.4) is 0 Å². The average Bonchev–Trinajstić information content (AvgIpc) is 2.34. The van der Waals surface area contributed by atoms with Crippen molar-refractivity contribution in [2.45, 2.75) is 38.8 Å². The maximum absolute atomic E-state index is 12.4. The molecule has 0 bridgehead atoms. The minimum atomic E-state index is -2.22. The minimum Gasteiger partial charge on any atom is -1.00 e. The van der Waals surface area contributed by atoms with Crippen molar-refractivity contribution in [3.63, 3.8) is 0 Å². The molecule has 0 aromatic heterocycles.